The molecule has 8 heteroatoms. The maximum Gasteiger partial charge on any atom is 0.329 e. The van der Waals surface area contributed by atoms with Crippen LogP contribution in [-0.4, -0.2) is 24.9 Å². The van der Waals surface area contributed by atoms with Crippen molar-refractivity contribution in [1.82, 2.24) is 19.1 Å². The second-order valence-corrected chi connectivity index (χ2v) is 9.42. The summed E-state index contributed by atoms with van der Waals surface area (Å²) in [6.07, 6.45) is 10.2. The van der Waals surface area contributed by atoms with Crippen LogP contribution in [0.4, 0.5) is 0 Å². The van der Waals surface area contributed by atoms with Gasteiger partial charge < -0.3 is 4.57 Å². The zero-order valence-electron chi connectivity index (χ0n) is 18.3. The number of hydrogen-bond donors (Lipinski definition) is 1. The van der Waals surface area contributed by atoms with Crippen LogP contribution in [0, 0.1) is 0 Å². The van der Waals surface area contributed by atoms with Gasteiger partial charge in [0.05, 0.1) is 6.54 Å². The first-order chi connectivity index (χ1) is 15.0. The van der Waals surface area contributed by atoms with E-state index in [9.17, 15) is 9.59 Å². The first kappa shape index (κ1) is 23.7. The number of nitrogens with one attached hydrogen (secondary N) is 1. The van der Waals surface area contributed by atoms with Crippen LogP contribution in [0.1, 0.15) is 63.9 Å². The fourth-order valence-electron chi connectivity index (χ4n) is 3.64. The summed E-state index contributed by atoms with van der Waals surface area (Å²) in [4.78, 5) is 31.7. The van der Waals surface area contributed by atoms with Crippen molar-refractivity contribution in [2.45, 2.75) is 70.0 Å². The Morgan fingerprint density at radius 2 is 1.65 bits per heavy atom. The summed E-state index contributed by atoms with van der Waals surface area (Å²) in [6, 6.07) is 7.56. The number of H-pyrrole nitrogens is 1. The second-order valence-electron chi connectivity index (χ2n) is 7.92. The molecule has 0 bridgehead atoms. The average molecular weight is 463 g/mol. The van der Waals surface area contributed by atoms with Crippen molar-refractivity contribution in [1.29, 1.82) is 0 Å². The quantitative estimate of drug-likeness (QED) is 0.290. The molecular weight excluding hydrogens is 432 g/mol. The molecule has 1 aromatic carbocycles. The third-order valence-electron chi connectivity index (χ3n) is 5.46. The molecule has 168 valence electrons. The van der Waals surface area contributed by atoms with Crippen LogP contribution in [0.2, 0.25) is 5.02 Å². The SMILES string of the molecule is CCCCCCCCCCSc1nc2c(c(=O)[nH]c(=O)n2C)n1Cc1ccc(Cl)cc1. The van der Waals surface area contributed by atoms with Crippen LogP contribution in [0.25, 0.3) is 11.2 Å². The standard InChI is InChI=1S/C23H31ClN4O2S/c1-3-4-5-6-7-8-9-10-15-31-23-25-20-19(21(29)26-22(30)27(20)2)28(23)16-17-11-13-18(24)14-12-17/h11-14H,3-10,15-16H2,1-2H3,(H,26,29,30). The number of thioether (sulfide) groups is 1. The van der Waals surface area contributed by atoms with E-state index in [0.29, 0.717) is 22.7 Å². The Morgan fingerprint density at radius 3 is 2.32 bits per heavy atom. The Morgan fingerprint density at radius 1 is 1.00 bits per heavy atom. The van der Waals surface area contributed by atoms with E-state index < -0.39 is 11.2 Å². The normalized spacial score (nSPS) is 11.5. The summed E-state index contributed by atoms with van der Waals surface area (Å²) >= 11 is 7.66. The lowest BCUT2D eigenvalue weighted by Gasteiger charge is -2.09. The minimum atomic E-state index is -0.451. The number of benzene rings is 1. The van der Waals surface area contributed by atoms with Crippen LogP contribution in [0.15, 0.2) is 39.0 Å². The number of halogens is 1. The third kappa shape index (κ3) is 6.26. The van der Waals surface area contributed by atoms with Crippen molar-refractivity contribution in [2.24, 2.45) is 7.05 Å². The van der Waals surface area contributed by atoms with E-state index in [1.165, 1.54) is 49.5 Å². The van der Waals surface area contributed by atoms with Crippen molar-refractivity contribution in [3.05, 3.63) is 55.7 Å². The fourth-order valence-corrected chi connectivity index (χ4v) is 4.76. The lowest BCUT2D eigenvalue weighted by atomic mass is 10.1. The summed E-state index contributed by atoms with van der Waals surface area (Å²) in [5, 5.41) is 1.43. The molecule has 0 unspecified atom stereocenters. The Balaban J connectivity index is 1.73. The van der Waals surface area contributed by atoms with E-state index in [1.54, 1.807) is 18.8 Å². The number of aromatic amines is 1. The van der Waals surface area contributed by atoms with Gasteiger partial charge in [-0.1, -0.05) is 87.4 Å². The topological polar surface area (TPSA) is 72.7 Å². The highest BCUT2D eigenvalue weighted by Crippen LogP contribution is 2.24. The summed E-state index contributed by atoms with van der Waals surface area (Å²) in [7, 11) is 1.63. The fraction of sp³-hybridized carbons (Fsp3) is 0.522. The van der Waals surface area contributed by atoms with E-state index in [2.05, 4.69) is 16.9 Å². The van der Waals surface area contributed by atoms with Crippen LogP contribution in [0.5, 0.6) is 0 Å². The van der Waals surface area contributed by atoms with Crippen molar-refractivity contribution < 1.29 is 0 Å². The number of aryl methyl sites for hydroxylation is 1. The molecule has 0 saturated carbocycles. The molecule has 0 aliphatic carbocycles. The highest BCUT2D eigenvalue weighted by Gasteiger charge is 2.18. The largest absolute Gasteiger partial charge is 0.329 e. The van der Waals surface area contributed by atoms with E-state index in [4.69, 9.17) is 11.6 Å². The number of rotatable bonds is 12. The molecule has 1 N–H and O–H groups in total. The van der Waals surface area contributed by atoms with E-state index in [0.717, 1.165) is 22.9 Å². The summed E-state index contributed by atoms with van der Waals surface area (Å²) in [5.74, 6) is 0.935. The summed E-state index contributed by atoms with van der Waals surface area (Å²) in [6.45, 7) is 2.73. The van der Waals surface area contributed by atoms with Crippen molar-refractivity contribution >= 4 is 34.5 Å². The molecule has 0 aliphatic heterocycles. The lowest BCUT2D eigenvalue weighted by molar-refractivity contribution is 0.586. The average Bonchev–Trinajstić information content (AvgIpc) is 3.11. The van der Waals surface area contributed by atoms with Crippen molar-refractivity contribution in [2.75, 3.05) is 5.75 Å². The first-order valence-corrected chi connectivity index (χ1v) is 12.4. The molecule has 3 aromatic rings. The summed E-state index contributed by atoms with van der Waals surface area (Å²) < 4.78 is 3.31. The van der Waals surface area contributed by atoms with Gasteiger partial charge in [0.2, 0.25) is 0 Å². The molecule has 0 amide bonds. The van der Waals surface area contributed by atoms with Crippen molar-refractivity contribution in [3.8, 4) is 0 Å². The monoisotopic (exact) mass is 462 g/mol. The maximum absolute atomic E-state index is 12.6. The molecule has 0 radical (unpaired) electrons. The minimum absolute atomic E-state index is 0.404. The van der Waals surface area contributed by atoms with Gasteiger partial charge in [0, 0.05) is 17.8 Å². The molecule has 31 heavy (non-hydrogen) atoms. The lowest BCUT2D eigenvalue weighted by Crippen LogP contribution is -2.29. The zero-order chi connectivity index (χ0) is 22.2. The first-order valence-electron chi connectivity index (χ1n) is 11.1. The molecular formula is C23H31ClN4O2S. The van der Waals surface area contributed by atoms with Crippen LogP contribution < -0.4 is 11.2 Å². The smallest absolute Gasteiger partial charge is 0.309 e. The van der Waals surface area contributed by atoms with Gasteiger partial charge in [-0.05, 0) is 24.1 Å². The van der Waals surface area contributed by atoms with Crippen molar-refractivity contribution in [3.63, 3.8) is 0 Å². The Bertz CT molecular complexity index is 1100. The minimum Gasteiger partial charge on any atom is -0.309 e. The number of imidazole rings is 1. The molecule has 0 spiro atoms. The molecule has 0 aliphatic rings. The number of aromatic nitrogens is 4. The van der Waals surface area contributed by atoms with Crippen LogP contribution in [0.3, 0.4) is 0 Å². The Hall–Kier alpha value is -1.99. The number of unbranched alkanes of at least 4 members (excludes halogenated alkanes) is 7. The van der Waals surface area contributed by atoms with E-state index >= 15 is 0 Å². The molecule has 2 heterocycles. The van der Waals surface area contributed by atoms with Gasteiger partial charge in [0.15, 0.2) is 16.3 Å². The number of nitrogens with zero attached hydrogens (tertiary/aromatic N) is 3. The second kappa shape index (κ2) is 11.6. The van der Waals surface area contributed by atoms with Gasteiger partial charge in [-0.3, -0.25) is 14.3 Å². The van der Waals surface area contributed by atoms with E-state index in [-0.39, 0.29) is 0 Å². The number of fused-ring (bicyclic) bond motifs is 1. The van der Waals surface area contributed by atoms with Gasteiger partial charge in [0.25, 0.3) is 5.56 Å². The number of hydrogen-bond acceptors (Lipinski definition) is 4. The Kier molecular flexibility index (Phi) is 8.84. The van der Waals surface area contributed by atoms with Gasteiger partial charge in [-0.2, -0.15) is 0 Å². The molecule has 0 saturated heterocycles. The van der Waals surface area contributed by atoms with E-state index in [1.807, 2.05) is 28.8 Å². The highest BCUT2D eigenvalue weighted by molar-refractivity contribution is 7.99. The molecule has 3 rings (SSSR count). The Labute approximate surface area is 192 Å². The molecule has 2 aromatic heterocycles. The maximum atomic E-state index is 12.6. The van der Waals surface area contributed by atoms with Crippen LogP contribution >= 0.6 is 23.4 Å². The molecule has 0 atom stereocenters. The van der Waals surface area contributed by atoms with Gasteiger partial charge >= 0.3 is 5.69 Å². The van der Waals surface area contributed by atoms with Crippen LogP contribution in [-0.2, 0) is 13.6 Å². The summed E-state index contributed by atoms with van der Waals surface area (Å²) in [5.41, 5.74) is 1.01. The van der Waals surface area contributed by atoms with Gasteiger partial charge in [-0.15, -0.1) is 0 Å². The molecule has 6 nitrogen and oxygen atoms in total. The molecule has 0 fully saturated rings. The third-order valence-corrected chi connectivity index (χ3v) is 6.77. The zero-order valence-corrected chi connectivity index (χ0v) is 19.9. The predicted octanol–water partition coefficient (Wildman–Crippen LogP) is 5.36. The highest BCUT2D eigenvalue weighted by atomic mass is 35.5. The van der Waals surface area contributed by atoms with Gasteiger partial charge in [-0.25, -0.2) is 9.78 Å². The van der Waals surface area contributed by atoms with Gasteiger partial charge in [0.1, 0.15) is 0 Å². The predicted molar refractivity (Wildman–Crippen MR) is 129 cm³/mol.